The molecule has 2 aliphatic rings. The molecule has 0 spiro atoms. The van der Waals surface area contributed by atoms with E-state index in [2.05, 4.69) is 19.2 Å². The van der Waals surface area contributed by atoms with Crippen molar-refractivity contribution in [3.63, 3.8) is 0 Å². The zero-order valence-electron chi connectivity index (χ0n) is 8.65. The molecule has 0 aromatic rings. The summed E-state index contributed by atoms with van der Waals surface area (Å²) in [4.78, 5) is 0. The summed E-state index contributed by atoms with van der Waals surface area (Å²) in [6, 6.07) is 0.451. The average molecular weight is 185 g/mol. The van der Waals surface area contributed by atoms with Crippen LogP contribution in [0.25, 0.3) is 0 Å². The first kappa shape index (κ1) is 9.45. The van der Waals surface area contributed by atoms with Gasteiger partial charge in [0.05, 0.1) is 0 Å². The van der Waals surface area contributed by atoms with Gasteiger partial charge < -0.3 is 5.32 Å². The van der Waals surface area contributed by atoms with Crippen molar-refractivity contribution >= 4 is 0 Å². The molecule has 76 valence electrons. The molecular formula is C11H20FN. The van der Waals surface area contributed by atoms with Crippen LogP contribution in [0, 0.1) is 11.3 Å². The van der Waals surface area contributed by atoms with Gasteiger partial charge in [-0.2, -0.15) is 0 Å². The summed E-state index contributed by atoms with van der Waals surface area (Å²) in [7, 11) is 0. The van der Waals surface area contributed by atoms with E-state index in [9.17, 15) is 4.39 Å². The summed E-state index contributed by atoms with van der Waals surface area (Å²) < 4.78 is 13.8. The molecule has 2 heteroatoms. The lowest BCUT2D eigenvalue weighted by Crippen LogP contribution is -2.51. The fraction of sp³-hybridized carbons (Fsp3) is 1.00. The number of piperidine rings is 1. The normalized spacial score (nSPS) is 44.1. The first-order valence-electron chi connectivity index (χ1n) is 5.46. The number of hydrogen-bond acceptors (Lipinski definition) is 1. The second-order valence-corrected chi connectivity index (χ2v) is 5.46. The van der Waals surface area contributed by atoms with Crippen LogP contribution < -0.4 is 5.32 Å². The summed E-state index contributed by atoms with van der Waals surface area (Å²) in [5.74, 6) is 0.307. The van der Waals surface area contributed by atoms with Crippen molar-refractivity contribution < 1.29 is 4.39 Å². The zero-order chi connectivity index (χ0) is 9.47. The zero-order valence-corrected chi connectivity index (χ0v) is 8.65. The number of rotatable bonds is 0. The second kappa shape index (κ2) is 3.23. The number of nitrogens with one attached hydrogen (secondary N) is 1. The number of alkyl halides is 1. The van der Waals surface area contributed by atoms with Crippen molar-refractivity contribution in [2.45, 2.75) is 51.7 Å². The van der Waals surface area contributed by atoms with E-state index in [1.807, 2.05) is 0 Å². The van der Waals surface area contributed by atoms with Crippen molar-refractivity contribution in [1.29, 1.82) is 0 Å². The van der Waals surface area contributed by atoms with Crippen LogP contribution in [-0.2, 0) is 0 Å². The van der Waals surface area contributed by atoms with Crippen LogP contribution in [0.2, 0.25) is 0 Å². The minimum atomic E-state index is -0.568. The van der Waals surface area contributed by atoms with Gasteiger partial charge in [0, 0.05) is 12.0 Å². The third-order valence-electron chi connectivity index (χ3n) is 3.62. The van der Waals surface area contributed by atoms with Crippen LogP contribution in [0.15, 0.2) is 0 Å². The molecule has 0 aromatic heterocycles. The Kier molecular flexibility index (Phi) is 2.35. The summed E-state index contributed by atoms with van der Waals surface area (Å²) in [5, 5.41) is 3.47. The fourth-order valence-corrected chi connectivity index (χ4v) is 2.99. The van der Waals surface area contributed by atoms with Crippen molar-refractivity contribution in [1.82, 2.24) is 5.32 Å². The molecule has 3 unspecified atom stereocenters. The molecule has 1 heterocycles. The molecule has 0 radical (unpaired) electrons. The van der Waals surface area contributed by atoms with E-state index in [1.54, 1.807) is 0 Å². The van der Waals surface area contributed by atoms with Gasteiger partial charge in [0.25, 0.3) is 0 Å². The molecule has 0 bridgehead atoms. The van der Waals surface area contributed by atoms with Crippen molar-refractivity contribution in [2.24, 2.45) is 11.3 Å². The van der Waals surface area contributed by atoms with Crippen molar-refractivity contribution in [3.05, 3.63) is 0 Å². The SMILES string of the molecule is CC1(C)CC(F)C2CCCNC2C1. The fourth-order valence-electron chi connectivity index (χ4n) is 2.99. The van der Waals surface area contributed by atoms with Gasteiger partial charge in [-0.25, -0.2) is 4.39 Å². The Morgan fingerprint density at radius 3 is 2.85 bits per heavy atom. The summed E-state index contributed by atoms with van der Waals surface area (Å²) >= 11 is 0. The lowest BCUT2D eigenvalue weighted by atomic mass is 9.67. The quantitative estimate of drug-likeness (QED) is 0.611. The van der Waals surface area contributed by atoms with Gasteiger partial charge in [-0.05, 0) is 37.6 Å². The molecule has 1 aliphatic heterocycles. The van der Waals surface area contributed by atoms with E-state index < -0.39 is 6.17 Å². The highest BCUT2D eigenvalue weighted by atomic mass is 19.1. The maximum Gasteiger partial charge on any atom is 0.105 e. The highest BCUT2D eigenvalue weighted by molar-refractivity contribution is 4.96. The molecule has 13 heavy (non-hydrogen) atoms. The Morgan fingerprint density at radius 1 is 1.31 bits per heavy atom. The predicted molar refractivity (Wildman–Crippen MR) is 52.4 cm³/mol. The molecule has 2 fully saturated rings. The predicted octanol–water partition coefficient (Wildman–Crippen LogP) is 2.51. The first-order valence-corrected chi connectivity index (χ1v) is 5.46. The molecule has 1 nitrogen and oxygen atoms in total. The maximum absolute atomic E-state index is 13.8. The van der Waals surface area contributed by atoms with Gasteiger partial charge >= 0.3 is 0 Å². The summed E-state index contributed by atoms with van der Waals surface area (Å²) in [6.45, 7) is 5.46. The van der Waals surface area contributed by atoms with E-state index in [1.165, 1.54) is 0 Å². The molecule has 3 atom stereocenters. The van der Waals surface area contributed by atoms with E-state index in [0.29, 0.717) is 12.0 Å². The number of hydrogen-bond donors (Lipinski definition) is 1. The lowest BCUT2D eigenvalue weighted by Gasteiger charge is -2.45. The van der Waals surface area contributed by atoms with Crippen LogP contribution in [0.5, 0.6) is 0 Å². The van der Waals surface area contributed by atoms with E-state index >= 15 is 0 Å². The smallest absolute Gasteiger partial charge is 0.105 e. The van der Waals surface area contributed by atoms with Crippen molar-refractivity contribution in [3.8, 4) is 0 Å². The molecule has 0 amide bonds. The lowest BCUT2D eigenvalue weighted by molar-refractivity contribution is 0.0317. The van der Waals surface area contributed by atoms with Crippen molar-refractivity contribution in [2.75, 3.05) is 6.54 Å². The minimum Gasteiger partial charge on any atom is -0.314 e. The van der Waals surface area contributed by atoms with Crippen LogP contribution in [0.3, 0.4) is 0 Å². The molecular weight excluding hydrogens is 165 g/mol. The molecule has 1 N–H and O–H groups in total. The van der Waals surface area contributed by atoms with Gasteiger partial charge in [-0.3, -0.25) is 0 Å². The minimum absolute atomic E-state index is 0.199. The Hall–Kier alpha value is -0.110. The highest BCUT2D eigenvalue weighted by Gasteiger charge is 2.42. The van der Waals surface area contributed by atoms with Gasteiger partial charge in [-0.15, -0.1) is 0 Å². The third-order valence-corrected chi connectivity index (χ3v) is 3.62. The molecule has 1 saturated carbocycles. The molecule has 1 aliphatic carbocycles. The average Bonchev–Trinajstić information content (AvgIpc) is 2.02. The number of fused-ring (bicyclic) bond motifs is 1. The third kappa shape index (κ3) is 1.88. The first-order chi connectivity index (χ1) is 6.08. The van der Waals surface area contributed by atoms with E-state index in [0.717, 1.165) is 32.2 Å². The highest BCUT2D eigenvalue weighted by Crippen LogP contribution is 2.42. The van der Waals surface area contributed by atoms with Gasteiger partial charge in [-0.1, -0.05) is 13.8 Å². The summed E-state index contributed by atoms with van der Waals surface area (Å²) in [5.41, 5.74) is 0.199. The van der Waals surface area contributed by atoms with E-state index in [4.69, 9.17) is 0 Å². The van der Waals surface area contributed by atoms with Crippen LogP contribution >= 0.6 is 0 Å². The molecule has 2 rings (SSSR count). The Labute approximate surface area is 80.1 Å². The van der Waals surface area contributed by atoms with E-state index in [-0.39, 0.29) is 5.41 Å². The maximum atomic E-state index is 13.8. The van der Waals surface area contributed by atoms with Crippen LogP contribution in [-0.4, -0.2) is 18.8 Å². The largest absolute Gasteiger partial charge is 0.314 e. The van der Waals surface area contributed by atoms with Gasteiger partial charge in [0.2, 0.25) is 0 Å². The van der Waals surface area contributed by atoms with Crippen LogP contribution in [0.1, 0.15) is 39.5 Å². The van der Waals surface area contributed by atoms with Gasteiger partial charge in [0.15, 0.2) is 0 Å². The summed E-state index contributed by atoms with van der Waals surface area (Å²) in [6.07, 6.45) is 3.59. The topological polar surface area (TPSA) is 12.0 Å². The monoisotopic (exact) mass is 185 g/mol. The number of halogens is 1. The Morgan fingerprint density at radius 2 is 2.08 bits per heavy atom. The standard InChI is InChI=1S/C11H20FN/c1-11(2)6-9(12)8-4-3-5-13-10(8)7-11/h8-10,13H,3-7H2,1-2H3. The van der Waals surface area contributed by atoms with Gasteiger partial charge in [0.1, 0.15) is 6.17 Å². The van der Waals surface area contributed by atoms with Crippen LogP contribution in [0.4, 0.5) is 4.39 Å². The Balaban J connectivity index is 2.07. The Bertz CT molecular complexity index is 191. The second-order valence-electron chi connectivity index (χ2n) is 5.46. The molecule has 1 saturated heterocycles. The molecule has 0 aromatic carbocycles.